The summed E-state index contributed by atoms with van der Waals surface area (Å²) in [5.41, 5.74) is 4.44. The number of ether oxygens (including phenoxy) is 1. The Kier molecular flexibility index (Phi) is 4.64. The van der Waals surface area contributed by atoms with E-state index in [9.17, 15) is 14.3 Å². The third-order valence-electron chi connectivity index (χ3n) is 6.63. The van der Waals surface area contributed by atoms with Crippen LogP contribution >= 0.6 is 0 Å². The first-order valence-electron chi connectivity index (χ1n) is 10.2. The Balaban J connectivity index is 1.94. The Bertz CT molecular complexity index is 1170. The molecular weight excluding hydrogens is 379 g/mol. The summed E-state index contributed by atoms with van der Waals surface area (Å²) in [5, 5.41) is 10.2. The lowest BCUT2D eigenvalue weighted by atomic mass is 9.62. The third kappa shape index (κ3) is 3.24. The van der Waals surface area contributed by atoms with E-state index in [1.165, 1.54) is 17.2 Å². The van der Waals surface area contributed by atoms with Crippen molar-refractivity contribution in [2.45, 2.75) is 51.4 Å². The predicted octanol–water partition coefficient (Wildman–Crippen LogP) is 6.70. The first kappa shape index (κ1) is 20.4. The molecule has 3 aromatic carbocycles. The van der Waals surface area contributed by atoms with E-state index in [1.54, 1.807) is 19.2 Å². The van der Waals surface area contributed by atoms with Crippen LogP contribution < -0.4 is 4.74 Å². The standard InChI is InChI=1S/C26H27FO3/c1-25(2)8-9-26(3,4)21-14-23(30-5)19(13-20(21)25)16-7-6-15-10-17(24(28)29)12-22(27)18(15)11-16/h6-7,10-14H,8-9H2,1-5H3,(H,28,29). The van der Waals surface area contributed by atoms with Gasteiger partial charge in [0.05, 0.1) is 12.7 Å². The molecule has 0 aromatic heterocycles. The normalized spacial score (nSPS) is 16.9. The molecular formula is C26H27FO3. The maximum atomic E-state index is 14.7. The molecule has 3 aromatic rings. The molecule has 0 spiro atoms. The van der Waals surface area contributed by atoms with E-state index in [-0.39, 0.29) is 16.4 Å². The second kappa shape index (κ2) is 6.83. The Labute approximate surface area is 176 Å². The molecule has 0 saturated heterocycles. The van der Waals surface area contributed by atoms with E-state index in [0.717, 1.165) is 35.8 Å². The lowest BCUT2D eigenvalue weighted by Gasteiger charge is -2.42. The fourth-order valence-corrected chi connectivity index (χ4v) is 4.59. The number of carboxylic acid groups (broad SMARTS) is 1. The van der Waals surface area contributed by atoms with Crippen molar-refractivity contribution < 1.29 is 19.0 Å². The van der Waals surface area contributed by atoms with Gasteiger partial charge in [-0.1, -0.05) is 39.8 Å². The van der Waals surface area contributed by atoms with Gasteiger partial charge in [0.25, 0.3) is 0 Å². The smallest absolute Gasteiger partial charge is 0.335 e. The molecule has 0 bridgehead atoms. The molecule has 4 heteroatoms. The lowest BCUT2D eigenvalue weighted by molar-refractivity contribution is 0.0696. The lowest BCUT2D eigenvalue weighted by Crippen LogP contribution is -2.33. The zero-order valence-electron chi connectivity index (χ0n) is 18.1. The van der Waals surface area contributed by atoms with Gasteiger partial charge < -0.3 is 9.84 Å². The molecule has 0 amide bonds. The molecule has 0 heterocycles. The topological polar surface area (TPSA) is 46.5 Å². The summed E-state index contributed by atoms with van der Waals surface area (Å²) in [6.45, 7) is 9.08. The van der Waals surface area contributed by atoms with Crippen LogP contribution in [0.1, 0.15) is 62.0 Å². The predicted molar refractivity (Wildman–Crippen MR) is 118 cm³/mol. The van der Waals surface area contributed by atoms with Crippen LogP contribution in [0.3, 0.4) is 0 Å². The van der Waals surface area contributed by atoms with Gasteiger partial charge in [0.2, 0.25) is 0 Å². The number of rotatable bonds is 3. The van der Waals surface area contributed by atoms with E-state index in [4.69, 9.17) is 4.74 Å². The molecule has 4 rings (SSSR count). The highest BCUT2D eigenvalue weighted by Crippen LogP contribution is 2.49. The second-order valence-electron chi connectivity index (χ2n) is 9.56. The molecule has 156 valence electrons. The molecule has 3 nitrogen and oxygen atoms in total. The van der Waals surface area contributed by atoms with Crippen molar-refractivity contribution in [3.63, 3.8) is 0 Å². The van der Waals surface area contributed by atoms with Gasteiger partial charge in [0, 0.05) is 10.9 Å². The Morgan fingerprint density at radius 3 is 2.20 bits per heavy atom. The summed E-state index contributed by atoms with van der Waals surface area (Å²) >= 11 is 0. The zero-order valence-corrected chi connectivity index (χ0v) is 18.1. The first-order chi connectivity index (χ1) is 14.0. The third-order valence-corrected chi connectivity index (χ3v) is 6.63. The average Bonchev–Trinajstić information content (AvgIpc) is 2.70. The van der Waals surface area contributed by atoms with E-state index in [2.05, 4.69) is 39.8 Å². The number of fused-ring (bicyclic) bond motifs is 2. The van der Waals surface area contributed by atoms with Crippen LogP contribution in [0, 0.1) is 5.82 Å². The molecule has 1 aliphatic carbocycles. The van der Waals surface area contributed by atoms with Crippen LogP contribution in [0.2, 0.25) is 0 Å². The molecule has 30 heavy (non-hydrogen) atoms. The number of carboxylic acids is 1. The SMILES string of the molecule is COc1cc2c(cc1-c1ccc3cc(C(=O)O)cc(F)c3c1)C(C)(C)CCC2(C)C. The molecule has 1 N–H and O–H groups in total. The van der Waals surface area contributed by atoms with E-state index < -0.39 is 11.8 Å². The fourth-order valence-electron chi connectivity index (χ4n) is 4.59. The molecule has 0 fully saturated rings. The summed E-state index contributed by atoms with van der Waals surface area (Å²) < 4.78 is 20.4. The summed E-state index contributed by atoms with van der Waals surface area (Å²) in [6.07, 6.45) is 2.21. The zero-order chi connectivity index (χ0) is 21.8. The monoisotopic (exact) mass is 406 g/mol. The second-order valence-corrected chi connectivity index (χ2v) is 9.56. The van der Waals surface area contributed by atoms with Crippen LogP contribution in [-0.4, -0.2) is 18.2 Å². The van der Waals surface area contributed by atoms with Crippen LogP contribution in [-0.2, 0) is 10.8 Å². The van der Waals surface area contributed by atoms with Gasteiger partial charge in [-0.05, 0) is 76.1 Å². The first-order valence-corrected chi connectivity index (χ1v) is 10.2. The van der Waals surface area contributed by atoms with Crippen LogP contribution in [0.4, 0.5) is 4.39 Å². The van der Waals surface area contributed by atoms with E-state index >= 15 is 0 Å². The Morgan fingerprint density at radius 2 is 1.60 bits per heavy atom. The Morgan fingerprint density at radius 1 is 0.967 bits per heavy atom. The van der Waals surface area contributed by atoms with Crippen molar-refractivity contribution in [1.29, 1.82) is 0 Å². The van der Waals surface area contributed by atoms with E-state index in [0.29, 0.717) is 10.8 Å². The Hall–Kier alpha value is -2.88. The number of halogens is 1. The highest BCUT2D eigenvalue weighted by molar-refractivity contribution is 5.96. The van der Waals surface area contributed by atoms with Gasteiger partial charge in [-0.3, -0.25) is 0 Å². The van der Waals surface area contributed by atoms with Gasteiger partial charge >= 0.3 is 5.97 Å². The number of hydrogen-bond donors (Lipinski definition) is 1. The largest absolute Gasteiger partial charge is 0.496 e. The van der Waals surface area contributed by atoms with Crippen LogP contribution in [0.25, 0.3) is 21.9 Å². The number of carbonyl (C=O) groups is 1. The van der Waals surface area contributed by atoms with Crippen molar-refractivity contribution in [1.82, 2.24) is 0 Å². The van der Waals surface area contributed by atoms with Gasteiger partial charge in [-0.15, -0.1) is 0 Å². The van der Waals surface area contributed by atoms with Crippen LogP contribution in [0.15, 0.2) is 42.5 Å². The van der Waals surface area contributed by atoms with E-state index in [1.807, 2.05) is 6.07 Å². The highest BCUT2D eigenvalue weighted by atomic mass is 19.1. The number of benzene rings is 3. The van der Waals surface area contributed by atoms with Crippen molar-refractivity contribution in [2.75, 3.05) is 7.11 Å². The summed E-state index contributed by atoms with van der Waals surface area (Å²) in [5.74, 6) is -0.910. The van der Waals surface area contributed by atoms with Crippen molar-refractivity contribution in [3.05, 3.63) is 65.0 Å². The molecule has 0 aliphatic heterocycles. The van der Waals surface area contributed by atoms with Crippen molar-refractivity contribution >= 4 is 16.7 Å². The van der Waals surface area contributed by atoms with Gasteiger partial charge in [0.15, 0.2) is 0 Å². The molecule has 0 saturated carbocycles. The highest BCUT2D eigenvalue weighted by Gasteiger charge is 2.38. The average molecular weight is 406 g/mol. The molecule has 0 radical (unpaired) electrons. The minimum Gasteiger partial charge on any atom is -0.496 e. The molecule has 0 atom stereocenters. The maximum Gasteiger partial charge on any atom is 0.335 e. The summed E-state index contributed by atoms with van der Waals surface area (Å²) in [6, 6.07) is 12.4. The van der Waals surface area contributed by atoms with Gasteiger partial charge in [0.1, 0.15) is 11.6 Å². The van der Waals surface area contributed by atoms with Gasteiger partial charge in [-0.25, -0.2) is 9.18 Å². The number of methoxy groups -OCH3 is 1. The molecule has 1 aliphatic rings. The fraction of sp³-hybridized carbons (Fsp3) is 0.346. The molecule has 0 unspecified atom stereocenters. The minimum absolute atomic E-state index is 0.0460. The number of hydrogen-bond acceptors (Lipinski definition) is 2. The number of aromatic carboxylic acids is 1. The minimum atomic E-state index is -1.14. The van der Waals surface area contributed by atoms with Gasteiger partial charge in [-0.2, -0.15) is 0 Å². The quantitative estimate of drug-likeness (QED) is 0.526. The summed E-state index contributed by atoms with van der Waals surface area (Å²) in [7, 11) is 1.66. The van der Waals surface area contributed by atoms with Crippen LogP contribution in [0.5, 0.6) is 5.75 Å². The summed E-state index contributed by atoms with van der Waals surface area (Å²) in [4.78, 5) is 11.2. The van der Waals surface area contributed by atoms with Crippen molar-refractivity contribution in [2.24, 2.45) is 0 Å². The maximum absolute atomic E-state index is 14.7. The van der Waals surface area contributed by atoms with Crippen molar-refractivity contribution in [3.8, 4) is 16.9 Å².